The molecule has 0 atom stereocenters. The number of carbonyl (C=O) groups excluding carboxylic acids is 1. The Balaban J connectivity index is 1.74. The highest BCUT2D eigenvalue weighted by Crippen LogP contribution is 2.22. The summed E-state index contributed by atoms with van der Waals surface area (Å²) in [5.74, 6) is 0.465. The maximum atomic E-state index is 12.5. The first kappa shape index (κ1) is 21.4. The predicted octanol–water partition coefficient (Wildman–Crippen LogP) is 4.22. The number of nitrogens with one attached hydrogen (secondary N) is 1. The summed E-state index contributed by atoms with van der Waals surface area (Å²) in [6, 6.07) is 21.3. The van der Waals surface area contributed by atoms with Gasteiger partial charge < -0.3 is 10.1 Å². The van der Waals surface area contributed by atoms with Crippen molar-refractivity contribution in [2.45, 2.75) is 13.5 Å². The molecule has 3 rings (SSSR count). The molecule has 0 spiro atoms. The van der Waals surface area contributed by atoms with Crippen molar-refractivity contribution < 1.29 is 17.9 Å². The maximum absolute atomic E-state index is 12.5. The number of aryl methyl sites for hydroxylation is 1. The summed E-state index contributed by atoms with van der Waals surface area (Å²) in [5, 5.41) is 2.83. The highest BCUT2D eigenvalue weighted by molar-refractivity contribution is 7.92. The van der Waals surface area contributed by atoms with Gasteiger partial charge in [0.25, 0.3) is 5.91 Å². The van der Waals surface area contributed by atoms with Gasteiger partial charge in [0.1, 0.15) is 5.75 Å². The van der Waals surface area contributed by atoms with Gasteiger partial charge in [-0.15, -0.1) is 0 Å². The highest BCUT2D eigenvalue weighted by atomic mass is 32.2. The van der Waals surface area contributed by atoms with E-state index in [-0.39, 0.29) is 12.5 Å². The Morgan fingerprint density at radius 1 is 1.00 bits per heavy atom. The first-order chi connectivity index (χ1) is 14.3. The van der Waals surface area contributed by atoms with Gasteiger partial charge in [0, 0.05) is 11.3 Å². The van der Waals surface area contributed by atoms with Gasteiger partial charge >= 0.3 is 0 Å². The second-order valence-electron chi connectivity index (χ2n) is 6.99. The molecule has 0 radical (unpaired) electrons. The summed E-state index contributed by atoms with van der Waals surface area (Å²) in [6.45, 7) is 2.10. The fourth-order valence-corrected chi connectivity index (χ4v) is 3.87. The van der Waals surface area contributed by atoms with Crippen LogP contribution in [0.2, 0.25) is 0 Å². The molecule has 1 amide bonds. The number of ether oxygens (including phenoxy) is 1. The van der Waals surface area contributed by atoms with Crippen LogP contribution in [-0.4, -0.2) is 27.7 Å². The molecular formula is C23H24N2O4S. The molecule has 0 unspecified atom stereocenters. The molecule has 6 nitrogen and oxygen atoms in total. The standard InChI is InChI=1S/C23H24N2O4S/c1-17-5-4-6-21(15-17)25(30(3,27)28)16-18-7-9-19(10-8-18)23(26)24-20-11-13-22(29-2)14-12-20/h4-15H,16H2,1-3H3,(H,24,26). The van der Waals surface area contributed by atoms with Gasteiger partial charge in [0.15, 0.2) is 0 Å². The fourth-order valence-electron chi connectivity index (χ4n) is 2.99. The molecule has 1 N–H and O–H groups in total. The first-order valence-electron chi connectivity index (χ1n) is 9.35. The number of hydrogen-bond donors (Lipinski definition) is 1. The van der Waals surface area contributed by atoms with Gasteiger partial charge in [0.2, 0.25) is 10.0 Å². The number of rotatable bonds is 7. The summed E-state index contributed by atoms with van der Waals surface area (Å²) in [5.41, 5.74) is 3.51. The van der Waals surface area contributed by atoms with Crippen LogP contribution < -0.4 is 14.4 Å². The topological polar surface area (TPSA) is 75.7 Å². The number of hydrogen-bond acceptors (Lipinski definition) is 4. The average Bonchev–Trinajstić information content (AvgIpc) is 2.72. The maximum Gasteiger partial charge on any atom is 0.255 e. The Hall–Kier alpha value is -3.32. The third-order valence-corrected chi connectivity index (χ3v) is 5.72. The Labute approximate surface area is 177 Å². The largest absolute Gasteiger partial charge is 0.497 e. The summed E-state index contributed by atoms with van der Waals surface area (Å²) < 4.78 is 31.1. The van der Waals surface area contributed by atoms with E-state index >= 15 is 0 Å². The lowest BCUT2D eigenvalue weighted by Crippen LogP contribution is -2.29. The van der Waals surface area contributed by atoms with E-state index in [1.807, 2.05) is 25.1 Å². The quantitative estimate of drug-likeness (QED) is 0.616. The third kappa shape index (κ3) is 5.39. The van der Waals surface area contributed by atoms with Crippen molar-refractivity contribution in [1.29, 1.82) is 0 Å². The normalized spacial score (nSPS) is 11.0. The number of nitrogens with zero attached hydrogens (tertiary/aromatic N) is 1. The lowest BCUT2D eigenvalue weighted by atomic mass is 10.1. The molecule has 156 valence electrons. The van der Waals surface area contributed by atoms with Crippen molar-refractivity contribution in [2.24, 2.45) is 0 Å². The molecule has 0 aromatic heterocycles. The Bertz CT molecular complexity index is 1120. The monoisotopic (exact) mass is 424 g/mol. The number of amides is 1. The minimum absolute atomic E-state index is 0.183. The van der Waals surface area contributed by atoms with Gasteiger partial charge in [0.05, 0.1) is 25.6 Å². The van der Waals surface area contributed by atoms with Crippen molar-refractivity contribution >= 4 is 27.3 Å². The smallest absolute Gasteiger partial charge is 0.255 e. The minimum atomic E-state index is -3.46. The van der Waals surface area contributed by atoms with Crippen molar-refractivity contribution in [1.82, 2.24) is 0 Å². The summed E-state index contributed by atoms with van der Waals surface area (Å²) in [7, 11) is -1.88. The molecule has 30 heavy (non-hydrogen) atoms. The second kappa shape index (κ2) is 9.00. The zero-order chi connectivity index (χ0) is 21.7. The van der Waals surface area contributed by atoms with Gasteiger partial charge in [-0.1, -0.05) is 24.3 Å². The van der Waals surface area contributed by atoms with Crippen LogP contribution in [0.15, 0.2) is 72.8 Å². The van der Waals surface area contributed by atoms with Crippen LogP contribution in [0.5, 0.6) is 5.75 Å². The Kier molecular flexibility index (Phi) is 6.42. The number of carbonyl (C=O) groups is 1. The average molecular weight is 425 g/mol. The third-order valence-electron chi connectivity index (χ3n) is 4.58. The van der Waals surface area contributed by atoms with Crippen LogP contribution in [0.1, 0.15) is 21.5 Å². The van der Waals surface area contributed by atoms with Crippen LogP contribution in [-0.2, 0) is 16.6 Å². The SMILES string of the molecule is COc1ccc(NC(=O)c2ccc(CN(c3cccc(C)c3)S(C)(=O)=O)cc2)cc1. The molecule has 0 bridgehead atoms. The molecule has 0 heterocycles. The molecule has 0 aliphatic carbocycles. The van der Waals surface area contributed by atoms with Crippen molar-refractivity contribution in [3.8, 4) is 5.75 Å². The van der Waals surface area contributed by atoms with Crippen LogP contribution in [0.3, 0.4) is 0 Å². The van der Waals surface area contributed by atoms with Crippen LogP contribution in [0.4, 0.5) is 11.4 Å². The number of benzene rings is 3. The minimum Gasteiger partial charge on any atom is -0.497 e. The first-order valence-corrected chi connectivity index (χ1v) is 11.2. The van der Waals surface area contributed by atoms with E-state index in [1.54, 1.807) is 61.7 Å². The van der Waals surface area contributed by atoms with Gasteiger partial charge in [-0.05, 0) is 66.6 Å². The molecule has 0 fully saturated rings. The zero-order valence-corrected chi connectivity index (χ0v) is 17.9. The second-order valence-corrected chi connectivity index (χ2v) is 8.90. The molecule has 0 saturated heterocycles. The van der Waals surface area contributed by atoms with Crippen LogP contribution in [0.25, 0.3) is 0 Å². The van der Waals surface area contributed by atoms with Crippen molar-refractivity contribution in [3.63, 3.8) is 0 Å². The molecular weight excluding hydrogens is 400 g/mol. The number of methoxy groups -OCH3 is 1. The highest BCUT2D eigenvalue weighted by Gasteiger charge is 2.18. The number of sulfonamides is 1. The molecule has 3 aromatic rings. The molecule has 3 aromatic carbocycles. The fraction of sp³-hybridized carbons (Fsp3) is 0.174. The van der Waals surface area contributed by atoms with E-state index in [0.29, 0.717) is 22.7 Å². The van der Waals surface area contributed by atoms with Crippen LogP contribution in [0, 0.1) is 6.92 Å². The van der Waals surface area contributed by atoms with Crippen LogP contribution >= 0.6 is 0 Å². The zero-order valence-electron chi connectivity index (χ0n) is 17.1. The van der Waals surface area contributed by atoms with E-state index in [1.165, 1.54) is 10.6 Å². The summed E-state index contributed by atoms with van der Waals surface area (Å²) in [6.07, 6.45) is 1.19. The van der Waals surface area contributed by atoms with E-state index in [2.05, 4.69) is 5.32 Å². The van der Waals surface area contributed by atoms with E-state index in [4.69, 9.17) is 4.74 Å². The number of anilines is 2. The van der Waals surface area contributed by atoms with E-state index in [9.17, 15) is 13.2 Å². The van der Waals surface area contributed by atoms with Gasteiger partial charge in [-0.2, -0.15) is 0 Å². The van der Waals surface area contributed by atoms with Gasteiger partial charge in [-0.25, -0.2) is 8.42 Å². The van der Waals surface area contributed by atoms with Gasteiger partial charge in [-0.3, -0.25) is 9.10 Å². The molecule has 0 saturated carbocycles. The summed E-state index contributed by atoms with van der Waals surface area (Å²) in [4.78, 5) is 12.5. The lowest BCUT2D eigenvalue weighted by molar-refractivity contribution is 0.102. The van der Waals surface area contributed by atoms with Crippen molar-refractivity contribution in [2.75, 3.05) is 23.0 Å². The molecule has 0 aliphatic heterocycles. The summed E-state index contributed by atoms with van der Waals surface area (Å²) >= 11 is 0. The molecule has 0 aliphatic rings. The Morgan fingerprint density at radius 2 is 1.67 bits per heavy atom. The molecule has 7 heteroatoms. The Morgan fingerprint density at radius 3 is 2.23 bits per heavy atom. The van der Waals surface area contributed by atoms with E-state index < -0.39 is 10.0 Å². The lowest BCUT2D eigenvalue weighted by Gasteiger charge is -2.23. The van der Waals surface area contributed by atoms with E-state index in [0.717, 1.165) is 11.1 Å². The predicted molar refractivity (Wildman–Crippen MR) is 120 cm³/mol. The van der Waals surface area contributed by atoms with Crippen molar-refractivity contribution in [3.05, 3.63) is 89.5 Å².